The lowest BCUT2D eigenvalue weighted by Gasteiger charge is -2.10. The average Bonchev–Trinajstić information content (AvgIpc) is 2.83. The van der Waals surface area contributed by atoms with Crippen molar-refractivity contribution >= 4 is 34.0 Å². The van der Waals surface area contributed by atoms with E-state index < -0.39 is 11.9 Å². The predicted octanol–water partition coefficient (Wildman–Crippen LogP) is 4.08. The third kappa shape index (κ3) is 6.41. The molecule has 0 heterocycles. The normalized spacial score (nSPS) is 10.3. The zero-order valence-electron chi connectivity index (χ0n) is 17.4. The number of ether oxygens (including phenoxy) is 3. The Kier molecular flexibility index (Phi) is 8.16. The topological polar surface area (TPSA) is 110 Å². The molecular weight excluding hydrogens is 490 g/mol. The molecule has 3 aromatic carbocycles. The molecule has 0 atom stereocenters. The molecule has 3 rings (SSSR count). The quantitative estimate of drug-likeness (QED) is 0.213. The fourth-order valence-electron chi connectivity index (χ4n) is 2.67. The molecule has 0 spiro atoms. The zero-order chi connectivity index (χ0) is 23.6. The summed E-state index contributed by atoms with van der Waals surface area (Å²) in [6, 6.07) is 20.4. The molecule has 9 heteroatoms. The predicted molar refractivity (Wildman–Crippen MR) is 124 cm³/mol. The molecule has 166 valence electrons. The van der Waals surface area contributed by atoms with Crippen molar-refractivity contribution < 1.29 is 23.8 Å². The fraction of sp³-hybridized carbons (Fsp3) is 0.0833. The van der Waals surface area contributed by atoms with Crippen LogP contribution in [0.4, 0.5) is 0 Å². The molecule has 0 fully saturated rings. The Morgan fingerprint density at radius 3 is 2.58 bits per heavy atom. The maximum absolute atomic E-state index is 12.4. The number of amides is 1. The number of hydrogen-bond acceptors (Lipinski definition) is 7. The maximum atomic E-state index is 12.4. The summed E-state index contributed by atoms with van der Waals surface area (Å²) in [5.41, 5.74) is 3.66. The highest BCUT2D eigenvalue weighted by atomic mass is 79.9. The van der Waals surface area contributed by atoms with Crippen LogP contribution in [-0.2, 0) is 4.79 Å². The standard InChI is InChI=1S/C24H18BrN3O5/c1-31-22-12-16(10-11-21(22)33-24(30)18-7-3-4-8-19(18)25)14-27-28-23(29)15-32-20-9-5-2-6-17(20)13-26/h2-12,14H,15H2,1H3,(H,28,29)/b27-14+. The summed E-state index contributed by atoms with van der Waals surface area (Å²) >= 11 is 3.32. The molecular formula is C24H18BrN3O5. The van der Waals surface area contributed by atoms with E-state index in [0.29, 0.717) is 32.7 Å². The number of carbonyl (C=O) groups is 2. The summed E-state index contributed by atoms with van der Waals surface area (Å²) in [5.74, 6) is -0.153. The van der Waals surface area contributed by atoms with Crippen molar-refractivity contribution in [3.8, 4) is 23.3 Å². The first-order valence-corrected chi connectivity index (χ1v) is 10.4. The van der Waals surface area contributed by atoms with E-state index in [9.17, 15) is 9.59 Å². The molecule has 8 nitrogen and oxygen atoms in total. The number of esters is 1. The van der Waals surface area contributed by atoms with Gasteiger partial charge in [-0.1, -0.05) is 24.3 Å². The first-order chi connectivity index (χ1) is 16.0. The lowest BCUT2D eigenvalue weighted by atomic mass is 10.2. The van der Waals surface area contributed by atoms with Crippen LogP contribution in [0, 0.1) is 11.3 Å². The number of halogens is 1. The molecule has 0 saturated carbocycles. The lowest BCUT2D eigenvalue weighted by Crippen LogP contribution is -2.24. The summed E-state index contributed by atoms with van der Waals surface area (Å²) < 4.78 is 16.7. The third-order valence-corrected chi connectivity index (χ3v) is 4.94. The second-order valence-electron chi connectivity index (χ2n) is 6.47. The summed E-state index contributed by atoms with van der Waals surface area (Å²) in [6.45, 7) is -0.302. The number of methoxy groups -OCH3 is 1. The molecule has 0 bridgehead atoms. The summed E-state index contributed by atoms with van der Waals surface area (Å²) in [5, 5.41) is 12.9. The molecule has 1 N–H and O–H groups in total. The van der Waals surface area contributed by atoms with Crippen LogP contribution >= 0.6 is 15.9 Å². The van der Waals surface area contributed by atoms with Gasteiger partial charge < -0.3 is 14.2 Å². The Bertz CT molecular complexity index is 1240. The molecule has 0 saturated heterocycles. The number of nitrogens with zero attached hydrogens (tertiary/aromatic N) is 2. The first-order valence-electron chi connectivity index (χ1n) is 9.60. The molecule has 0 radical (unpaired) electrons. The van der Waals surface area contributed by atoms with Gasteiger partial charge in [-0.3, -0.25) is 4.79 Å². The second kappa shape index (κ2) is 11.5. The molecule has 1 amide bonds. The van der Waals surface area contributed by atoms with Crippen molar-refractivity contribution in [3.05, 3.63) is 87.9 Å². The molecule has 0 aliphatic rings. The minimum absolute atomic E-state index is 0.240. The van der Waals surface area contributed by atoms with Crippen molar-refractivity contribution in [1.29, 1.82) is 5.26 Å². The van der Waals surface area contributed by atoms with E-state index in [2.05, 4.69) is 26.5 Å². The number of rotatable bonds is 8. The number of nitriles is 1. The van der Waals surface area contributed by atoms with E-state index in [1.54, 1.807) is 66.7 Å². The van der Waals surface area contributed by atoms with Crippen molar-refractivity contribution in [2.75, 3.05) is 13.7 Å². The Morgan fingerprint density at radius 2 is 1.82 bits per heavy atom. The van der Waals surface area contributed by atoms with Crippen LogP contribution < -0.4 is 19.6 Å². The molecule has 0 aliphatic heterocycles. The first kappa shape index (κ1) is 23.5. The largest absolute Gasteiger partial charge is 0.493 e. The minimum atomic E-state index is -0.535. The van der Waals surface area contributed by atoms with E-state index in [4.69, 9.17) is 19.5 Å². The Balaban J connectivity index is 1.59. The van der Waals surface area contributed by atoms with Gasteiger partial charge in [0.2, 0.25) is 0 Å². The van der Waals surface area contributed by atoms with Gasteiger partial charge in [-0.15, -0.1) is 0 Å². The van der Waals surface area contributed by atoms with Gasteiger partial charge in [-0.2, -0.15) is 10.4 Å². The molecule has 0 unspecified atom stereocenters. The van der Waals surface area contributed by atoms with Crippen LogP contribution in [0.3, 0.4) is 0 Å². The molecule has 33 heavy (non-hydrogen) atoms. The van der Waals surface area contributed by atoms with E-state index in [-0.39, 0.29) is 12.4 Å². The Labute approximate surface area is 198 Å². The molecule has 0 aliphatic carbocycles. The number of para-hydroxylation sites is 1. The van der Waals surface area contributed by atoms with Crippen molar-refractivity contribution in [2.45, 2.75) is 0 Å². The van der Waals surface area contributed by atoms with E-state index in [0.717, 1.165) is 0 Å². The van der Waals surface area contributed by atoms with Crippen molar-refractivity contribution in [3.63, 3.8) is 0 Å². The number of benzene rings is 3. The Hall–Kier alpha value is -4.16. The van der Waals surface area contributed by atoms with Crippen LogP contribution in [0.1, 0.15) is 21.5 Å². The number of hydrogen-bond donors (Lipinski definition) is 1. The fourth-order valence-corrected chi connectivity index (χ4v) is 3.12. The zero-order valence-corrected chi connectivity index (χ0v) is 19.0. The highest BCUT2D eigenvalue weighted by molar-refractivity contribution is 9.10. The number of hydrazone groups is 1. The lowest BCUT2D eigenvalue weighted by molar-refractivity contribution is -0.123. The maximum Gasteiger partial charge on any atom is 0.344 e. The monoisotopic (exact) mass is 507 g/mol. The number of carbonyl (C=O) groups excluding carboxylic acids is 2. The second-order valence-corrected chi connectivity index (χ2v) is 7.32. The van der Waals surface area contributed by atoms with Crippen molar-refractivity contribution in [2.24, 2.45) is 5.10 Å². The highest BCUT2D eigenvalue weighted by Gasteiger charge is 2.15. The molecule has 3 aromatic rings. The SMILES string of the molecule is COc1cc(/C=N/NC(=O)COc2ccccc2C#N)ccc1OC(=O)c1ccccc1Br. The van der Waals surface area contributed by atoms with Gasteiger partial charge in [-0.25, -0.2) is 10.2 Å². The van der Waals surface area contributed by atoms with Gasteiger partial charge in [0.15, 0.2) is 18.1 Å². The van der Waals surface area contributed by atoms with E-state index in [1.165, 1.54) is 13.3 Å². The average molecular weight is 508 g/mol. The molecule has 0 aromatic heterocycles. The summed E-state index contributed by atoms with van der Waals surface area (Å²) in [7, 11) is 1.45. The van der Waals surface area contributed by atoms with E-state index in [1.807, 2.05) is 6.07 Å². The third-order valence-electron chi connectivity index (χ3n) is 4.25. The van der Waals surface area contributed by atoms with Gasteiger partial charge in [-0.05, 0) is 64.0 Å². The van der Waals surface area contributed by atoms with Gasteiger partial charge >= 0.3 is 5.97 Å². The van der Waals surface area contributed by atoms with Crippen LogP contribution in [0.5, 0.6) is 17.2 Å². The van der Waals surface area contributed by atoms with Gasteiger partial charge in [0.05, 0.1) is 24.5 Å². The van der Waals surface area contributed by atoms with Gasteiger partial charge in [0.1, 0.15) is 11.8 Å². The van der Waals surface area contributed by atoms with Crippen LogP contribution in [0.25, 0.3) is 0 Å². The smallest absolute Gasteiger partial charge is 0.344 e. The van der Waals surface area contributed by atoms with Crippen LogP contribution in [0.2, 0.25) is 0 Å². The van der Waals surface area contributed by atoms with Gasteiger partial charge in [0, 0.05) is 4.47 Å². The van der Waals surface area contributed by atoms with Crippen LogP contribution in [0.15, 0.2) is 76.3 Å². The summed E-state index contributed by atoms with van der Waals surface area (Å²) in [6.07, 6.45) is 1.41. The summed E-state index contributed by atoms with van der Waals surface area (Å²) in [4.78, 5) is 24.4. The Morgan fingerprint density at radius 1 is 1.06 bits per heavy atom. The van der Waals surface area contributed by atoms with E-state index >= 15 is 0 Å². The van der Waals surface area contributed by atoms with Crippen molar-refractivity contribution in [1.82, 2.24) is 5.43 Å². The number of nitrogens with one attached hydrogen (secondary N) is 1. The highest BCUT2D eigenvalue weighted by Crippen LogP contribution is 2.29. The minimum Gasteiger partial charge on any atom is -0.493 e. The van der Waals surface area contributed by atoms with Gasteiger partial charge in [0.25, 0.3) is 5.91 Å². The van der Waals surface area contributed by atoms with Crippen LogP contribution in [-0.4, -0.2) is 31.8 Å².